The highest BCUT2D eigenvalue weighted by Gasteiger charge is 2.33. The average Bonchev–Trinajstić information content (AvgIpc) is 3.39. The smallest absolute Gasteiger partial charge is 0.406 e. The zero-order valence-corrected chi connectivity index (χ0v) is 13.4. The summed E-state index contributed by atoms with van der Waals surface area (Å²) in [4.78, 5) is 18.5. The number of carbonyl (C=O) groups is 1. The van der Waals surface area contributed by atoms with Gasteiger partial charge in [0.1, 0.15) is 5.75 Å². The standard InChI is InChI=1S/C18H17F3N2O2/c19-18(20,21)25-16-7-3-13(4-8-16)10-17(24)23(15-5-6-15)12-14-2-1-9-22-11-14/h1-4,7-9,11,15H,5-6,10,12H2. The van der Waals surface area contributed by atoms with Gasteiger partial charge in [-0.15, -0.1) is 13.2 Å². The highest BCUT2D eigenvalue weighted by Crippen LogP contribution is 2.29. The van der Waals surface area contributed by atoms with Gasteiger partial charge in [-0.2, -0.15) is 0 Å². The van der Waals surface area contributed by atoms with Crippen molar-refractivity contribution in [2.45, 2.75) is 38.2 Å². The van der Waals surface area contributed by atoms with Crippen LogP contribution in [0.5, 0.6) is 5.75 Å². The monoisotopic (exact) mass is 350 g/mol. The Balaban J connectivity index is 1.63. The molecule has 1 amide bonds. The molecule has 2 aromatic rings. The number of benzene rings is 1. The number of pyridine rings is 1. The van der Waals surface area contributed by atoms with Gasteiger partial charge in [0.15, 0.2) is 0 Å². The van der Waals surface area contributed by atoms with Crippen LogP contribution < -0.4 is 4.74 Å². The van der Waals surface area contributed by atoms with Crippen LogP contribution in [-0.4, -0.2) is 28.2 Å². The van der Waals surface area contributed by atoms with Crippen molar-refractivity contribution in [2.75, 3.05) is 0 Å². The third-order valence-electron chi connectivity index (χ3n) is 3.90. The molecule has 1 fully saturated rings. The predicted molar refractivity (Wildman–Crippen MR) is 84.6 cm³/mol. The Morgan fingerprint density at radius 2 is 1.88 bits per heavy atom. The lowest BCUT2D eigenvalue weighted by atomic mass is 10.1. The predicted octanol–water partition coefficient (Wildman–Crippen LogP) is 3.71. The molecule has 4 nitrogen and oxygen atoms in total. The van der Waals surface area contributed by atoms with Crippen LogP contribution in [0.1, 0.15) is 24.0 Å². The summed E-state index contributed by atoms with van der Waals surface area (Å²) in [5.41, 5.74) is 1.60. The van der Waals surface area contributed by atoms with Crippen molar-refractivity contribution in [3.63, 3.8) is 0 Å². The van der Waals surface area contributed by atoms with Crippen LogP contribution in [0, 0.1) is 0 Å². The number of rotatable bonds is 6. The summed E-state index contributed by atoms with van der Waals surface area (Å²) in [6.07, 6.45) is 0.783. The van der Waals surface area contributed by atoms with Gasteiger partial charge in [0.2, 0.25) is 5.91 Å². The van der Waals surface area contributed by atoms with Gasteiger partial charge in [0.05, 0.1) is 6.42 Å². The summed E-state index contributed by atoms with van der Waals surface area (Å²) in [6.45, 7) is 0.493. The maximum Gasteiger partial charge on any atom is 0.573 e. The molecular formula is C18H17F3N2O2. The van der Waals surface area contributed by atoms with Crippen LogP contribution in [0.25, 0.3) is 0 Å². The lowest BCUT2D eigenvalue weighted by molar-refractivity contribution is -0.274. The first-order valence-corrected chi connectivity index (χ1v) is 7.94. The molecule has 1 saturated carbocycles. The largest absolute Gasteiger partial charge is 0.573 e. The summed E-state index contributed by atoms with van der Waals surface area (Å²) in [6, 6.07) is 9.38. The molecule has 1 aliphatic carbocycles. The Bertz CT molecular complexity index is 713. The summed E-state index contributed by atoms with van der Waals surface area (Å²) in [7, 11) is 0. The van der Waals surface area contributed by atoms with Gasteiger partial charge in [-0.25, -0.2) is 0 Å². The maximum absolute atomic E-state index is 12.6. The fourth-order valence-corrected chi connectivity index (χ4v) is 2.58. The molecule has 1 aliphatic rings. The number of alkyl halides is 3. The maximum atomic E-state index is 12.6. The lowest BCUT2D eigenvalue weighted by Crippen LogP contribution is -2.33. The van der Waals surface area contributed by atoms with E-state index in [1.165, 1.54) is 24.3 Å². The Hall–Kier alpha value is -2.57. The topological polar surface area (TPSA) is 42.4 Å². The van der Waals surface area contributed by atoms with E-state index >= 15 is 0 Å². The van der Waals surface area contributed by atoms with Crippen LogP contribution in [0.2, 0.25) is 0 Å². The van der Waals surface area contributed by atoms with Crippen molar-refractivity contribution < 1.29 is 22.7 Å². The van der Waals surface area contributed by atoms with E-state index < -0.39 is 6.36 Å². The van der Waals surface area contributed by atoms with Gasteiger partial charge < -0.3 is 9.64 Å². The van der Waals surface area contributed by atoms with E-state index in [-0.39, 0.29) is 24.1 Å². The molecule has 1 aromatic heterocycles. The van der Waals surface area contributed by atoms with Gasteiger partial charge in [-0.3, -0.25) is 9.78 Å². The molecule has 0 saturated heterocycles. The third-order valence-corrected chi connectivity index (χ3v) is 3.90. The number of aromatic nitrogens is 1. The van der Waals surface area contributed by atoms with Crippen molar-refractivity contribution in [2.24, 2.45) is 0 Å². The molecule has 1 aromatic carbocycles. The molecule has 1 heterocycles. The Morgan fingerprint density at radius 1 is 1.16 bits per heavy atom. The van der Waals surface area contributed by atoms with Crippen LogP contribution in [-0.2, 0) is 17.8 Å². The van der Waals surface area contributed by atoms with E-state index in [2.05, 4.69) is 9.72 Å². The summed E-state index contributed by atoms with van der Waals surface area (Å²) >= 11 is 0. The number of amides is 1. The minimum Gasteiger partial charge on any atom is -0.406 e. The summed E-state index contributed by atoms with van der Waals surface area (Å²) < 4.78 is 40.4. The van der Waals surface area contributed by atoms with Gasteiger partial charge >= 0.3 is 6.36 Å². The Labute approximate surface area is 143 Å². The number of hydrogen-bond donors (Lipinski definition) is 0. The van der Waals surface area contributed by atoms with E-state index in [1.807, 2.05) is 17.0 Å². The molecule has 0 spiro atoms. The molecule has 0 bridgehead atoms. The Kier molecular flexibility index (Phi) is 4.92. The van der Waals surface area contributed by atoms with Gasteiger partial charge in [0.25, 0.3) is 0 Å². The number of ether oxygens (including phenoxy) is 1. The number of halogens is 3. The van der Waals surface area contributed by atoms with Crippen LogP contribution in [0.4, 0.5) is 13.2 Å². The van der Waals surface area contributed by atoms with Crippen molar-refractivity contribution in [3.05, 3.63) is 59.9 Å². The first-order valence-electron chi connectivity index (χ1n) is 7.94. The van der Waals surface area contributed by atoms with Crippen molar-refractivity contribution in [1.29, 1.82) is 0 Å². The van der Waals surface area contributed by atoms with Crippen LogP contribution >= 0.6 is 0 Å². The minimum absolute atomic E-state index is 0.0455. The summed E-state index contributed by atoms with van der Waals surface area (Å²) in [5.74, 6) is -0.339. The second kappa shape index (κ2) is 7.13. The number of hydrogen-bond acceptors (Lipinski definition) is 3. The normalized spacial score (nSPS) is 14.2. The molecular weight excluding hydrogens is 333 g/mol. The zero-order valence-electron chi connectivity index (χ0n) is 13.4. The van der Waals surface area contributed by atoms with Crippen molar-refractivity contribution >= 4 is 5.91 Å². The molecule has 0 radical (unpaired) electrons. The first-order chi connectivity index (χ1) is 11.9. The van der Waals surface area contributed by atoms with E-state index in [9.17, 15) is 18.0 Å². The highest BCUT2D eigenvalue weighted by molar-refractivity contribution is 5.79. The second-order valence-electron chi connectivity index (χ2n) is 5.98. The fourth-order valence-electron chi connectivity index (χ4n) is 2.58. The second-order valence-corrected chi connectivity index (χ2v) is 5.98. The lowest BCUT2D eigenvalue weighted by Gasteiger charge is -2.22. The molecule has 7 heteroatoms. The Morgan fingerprint density at radius 3 is 2.44 bits per heavy atom. The van der Waals surface area contributed by atoms with Crippen molar-refractivity contribution in [1.82, 2.24) is 9.88 Å². The first kappa shape index (κ1) is 17.3. The molecule has 0 aliphatic heterocycles. The quantitative estimate of drug-likeness (QED) is 0.798. The molecule has 132 valence electrons. The minimum atomic E-state index is -4.72. The molecule has 0 atom stereocenters. The van der Waals surface area contributed by atoms with Crippen LogP contribution in [0.15, 0.2) is 48.8 Å². The van der Waals surface area contributed by atoms with Crippen LogP contribution in [0.3, 0.4) is 0 Å². The highest BCUT2D eigenvalue weighted by atomic mass is 19.4. The number of nitrogens with zero attached hydrogens (tertiary/aromatic N) is 2. The number of carbonyl (C=O) groups excluding carboxylic acids is 1. The SMILES string of the molecule is O=C(Cc1ccc(OC(F)(F)F)cc1)N(Cc1cccnc1)C1CC1. The molecule has 0 N–H and O–H groups in total. The van der Waals surface area contributed by atoms with E-state index in [0.717, 1.165) is 18.4 Å². The fraction of sp³-hybridized carbons (Fsp3) is 0.333. The van der Waals surface area contributed by atoms with E-state index in [0.29, 0.717) is 12.1 Å². The van der Waals surface area contributed by atoms with E-state index in [4.69, 9.17) is 0 Å². The van der Waals surface area contributed by atoms with Gasteiger partial charge in [-0.1, -0.05) is 18.2 Å². The summed E-state index contributed by atoms with van der Waals surface area (Å²) in [5, 5.41) is 0. The third kappa shape index (κ3) is 5.20. The van der Waals surface area contributed by atoms with E-state index in [1.54, 1.807) is 12.4 Å². The molecule has 3 rings (SSSR count). The zero-order chi connectivity index (χ0) is 17.9. The molecule has 25 heavy (non-hydrogen) atoms. The van der Waals surface area contributed by atoms with Crippen molar-refractivity contribution in [3.8, 4) is 5.75 Å². The molecule has 0 unspecified atom stereocenters. The average molecular weight is 350 g/mol. The van der Waals surface area contributed by atoms with Gasteiger partial charge in [-0.05, 0) is 42.2 Å². The van der Waals surface area contributed by atoms with Gasteiger partial charge in [0, 0.05) is 25.0 Å².